The molecule has 0 bridgehead atoms. The number of hydrogen-bond donors (Lipinski definition) is 0. The monoisotopic (exact) mass is 256 g/mol. The van der Waals surface area contributed by atoms with E-state index in [0.717, 1.165) is 32.7 Å². The van der Waals surface area contributed by atoms with Gasteiger partial charge in [-0.1, -0.05) is 18.2 Å². The fraction of sp³-hybridized carbons (Fsp3) is 0.438. The summed E-state index contributed by atoms with van der Waals surface area (Å²) < 4.78 is 5.37. The van der Waals surface area contributed by atoms with Gasteiger partial charge in [0.1, 0.15) is 0 Å². The van der Waals surface area contributed by atoms with Crippen LogP contribution in [0.25, 0.3) is 10.8 Å². The third-order valence-corrected chi connectivity index (χ3v) is 3.80. The highest BCUT2D eigenvalue weighted by molar-refractivity contribution is 5.84. The Morgan fingerprint density at radius 1 is 1.16 bits per heavy atom. The average Bonchev–Trinajstić information content (AvgIpc) is 2.49. The van der Waals surface area contributed by atoms with Crippen LogP contribution in [0.1, 0.15) is 12.0 Å². The average molecular weight is 256 g/mol. The van der Waals surface area contributed by atoms with E-state index in [9.17, 15) is 0 Å². The van der Waals surface area contributed by atoms with Crippen molar-refractivity contribution in [1.82, 2.24) is 9.88 Å². The second-order valence-electron chi connectivity index (χ2n) is 5.07. The van der Waals surface area contributed by atoms with Crippen LogP contribution in [-0.2, 0) is 11.2 Å². The number of hydrogen-bond acceptors (Lipinski definition) is 3. The van der Waals surface area contributed by atoms with Gasteiger partial charge in [0.2, 0.25) is 0 Å². The van der Waals surface area contributed by atoms with E-state index in [1.54, 1.807) is 0 Å². The van der Waals surface area contributed by atoms with E-state index in [2.05, 4.69) is 34.1 Å². The second kappa shape index (κ2) is 6.13. The molecule has 1 aliphatic heterocycles. The van der Waals surface area contributed by atoms with E-state index in [1.807, 2.05) is 12.4 Å². The maximum absolute atomic E-state index is 5.37. The minimum absolute atomic E-state index is 0.889. The first kappa shape index (κ1) is 12.6. The Morgan fingerprint density at radius 3 is 2.95 bits per heavy atom. The molecule has 0 spiro atoms. The molecular weight excluding hydrogens is 236 g/mol. The van der Waals surface area contributed by atoms with Gasteiger partial charge in [-0.15, -0.1) is 0 Å². The zero-order valence-corrected chi connectivity index (χ0v) is 11.2. The fourth-order valence-electron chi connectivity index (χ4n) is 2.73. The van der Waals surface area contributed by atoms with E-state index >= 15 is 0 Å². The molecule has 0 N–H and O–H groups in total. The van der Waals surface area contributed by atoms with Gasteiger partial charge < -0.3 is 4.74 Å². The summed E-state index contributed by atoms with van der Waals surface area (Å²) in [5, 5.41) is 2.59. The Balaban J connectivity index is 1.62. The molecular formula is C16H20N2O. The summed E-state index contributed by atoms with van der Waals surface area (Å²) in [7, 11) is 0. The van der Waals surface area contributed by atoms with Crippen LogP contribution in [0.15, 0.2) is 36.7 Å². The lowest BCUT2D eigenvalue weighted by molar-refractivity contribution is 0.0375. The van der Waals surface area contributed by atoms with E-state index in [1.165, 1.54) is 29.3 Å². The summed E-state index contributed by atoms with van der Waals surface area (Å²) >= 11 is 0. The predicted molar refractivity (Wildman–Crippen MR) is 77.3 cm³/mol. The van der Waals surface area contributed by atoms with Crippen molar-refractivity contribution >= 4 is 10.8 Å². The second-order valence-corrected chi connectivity index (χ2v) is 5.07. The molecule has 2 aromatic rings. The number of aryl methyl sites for hydroxylation is 1. The smallest absolute Gasteiger partial charge is 0.0594 e. The van der Waals surface area contributed by atoms with Crippen molar-refractivity contribution in [2.45, 2.75) is 12.8 Å². The van der Waals surface area contributed by atoms with Crippen molar-refractivity contribution in [2.24, 2.45) is 0 Å². The molecule has 19 heavy (non-hydrogen) atoms. The molecule has 1 aromatic carbocycles. The highest BCUT2D eigenvalue weighted by atomic mass is 16.5. The van der Waals surface area contributed by atoms with Gasteiger partial charge in [-0.3, -0.25) is 9.88 Å². The first-order chi connectivity index (χ1) is 9.43. The van der Waals surface area contributed by atoms with Crippen molar-refractivity contribution in [2.75, 3.05) is 32.8 Å². The first-order valence-electron chi connectivity index (χ1n) is 7.05. The maximum Gasteiger partial charge on any atom is 0.0594 e. The Morgan fingerprint density at radius 2 is 2.05 bits per heavy atom. The number of morpholine rings is 1. The minimum Gasteiger partial charge on any atom is -0.379 e. The number of pyridine rings is 1. The molecule has 1 fully saturated rings. The van der Waals surface area contributed by atoms with Crippen molar-refractivity contribution in [1.29, 1.82) is 0 Å². The van der Waals surface area contributed by atoms with Gasteiger partial charge in [0, 0.05) is 30.9 Å². The molecule has 100 valence electrons. The molecule has 0 radical (unpaired) electrons. The van der Waals surface area contributed by atoms with Crippen LogP contribution >= 0.6 is 0 Å². The summed E-state index contributed by atoms with van der Waals surface area (Å²) in [5.74, 6) is 0. The highest BCUT2D eigenvalue weighted by Gasteiger charge is 2.09. The van der Waals surface area contributed by atoms with Crippen molar-refractivity contribution in [3.05, 3.63) is 42.2 Å². The summed E-state index contributed by atoms with van der Waals surface area (Å²) in [6.07, 6.45) is 6.18. The van der Waals surface area contributed by atoms with Crippen LogP contribution in [0, 0.1) is 0 Å². The minimum atomic E-state index is 0.889. The van der Waals surface area contributed by atoms with Crippen molar-refractivity contribution < 1.29 is 4.74 Å². The Hall–Kier alpha value is -1.45. The number of ether oxygens (including phenoxy) is 1. The molecule has 1 aliphatic rings. The highest BCUT2D eigenvalue weighted by Crippen LogP contribution is 2.18. The Labute approximate surface area is 114 Å². The van der Waals surface area contributed by atoms with E-state index in [-0.39, 0.29) is 0 Å². The quantitative estimate of drug-likeness (QED) is 0.840. The molecule has 1 aromatic heterocycles. The SMILES string of the molecule is c1cc(CCCN2CCOCC2)c2ccncc2c1. The molecule has 0 atom stereocenters. The van der Waals surface area contributed by atoms with Gasteiger partial charge in [0.15, 0.2) is 0 Å². The van der Waals surface area contributed by atoms with Gasteiger partial charge >= 0.3 is 0 Å². The fourth-order valence-corrected chi connectivity index (χ4v) is 2.73. The first-order valence-corrected chi connectivity index (χ1v) is 7.05. The predicted octanol–water partition coefficient (Wildman–Crippen LogP) is 2.50. The normalized spacial score (nSPS) is 16.8. The summed E-state index contributed by atoms with van der Waals surface area (Å²) in [4.78, 5) is 6.68. The van der Waals surface area contributed by atoms with Gasteiger partial charge in [-0.25, -0.2) is 0 Å². The lowest BCUT2D eigenvalue weighted by atomic mass is 10.0. The number of rotatable bonds is 4. The standard InChI is InChI=1S/C16H20N2O/c1-3-14(16-6-7-17-13-15(16)4-1)5-2-8-18-9-11-19-12-10-18/h1,3-4,6-7,13H,2,5,8-12H2. The summed E-state index contributed by atoms with van der Waals surface area (Å²) in [5.41, 5.74) is 1.44. The van der Waals surface area contributed by atoms with E-state index in [4.69, 9.17) is 4.74 Å². The number of benzene rings is 1. The molecule has 3 nitrogen and oxygen atoms in total. The number of aromatic nitrogens is 1. The molecule has 0 amide bonds. The van der Waals surface area contributed by atoms with Crippen LogP contribution in [0.5, 0.6) is 0 Å². The van der Waals surface area contributed by atoms with Crippen LogP contribution in [0.2, 0.25) is 0 Å². The molecule has 3 heteroatoms. The zero-order chi connectivity index (χ0) is 12.9. The Kier molecular flexibility index (Phi) is 4.06. The maximum atomic E-state index is 5.37. The third-order valence-electron chi connectivity index (χ3n) is 3.80. The van der Waals surface area contributed by atoms with E-state index in [0.29, 0.717) is 0 Å². The third kappa shape index (κ3) is 3.11. The number of nitrogens with zero attached hydrogens (tertiary/aromatic N) is 2. The van der Waals surface area contributed by atoms with Crippen LogP contribution in [0.3, 0.4) is 0 Å². The largest absolute Gasteiger partial charge is 0.379 e. The van der Waals surface area contributed by atoms with E-state index < -0.39 is 0 Å². The van der Waals surface area contributed by atoms with Gasteiger partial charge in [-0.05, 0) is 36.4 Å². The van der Waals surface area contributed by atoms with Gasteiger partial charge in [0.25, 0.3) is 0 Å². The number of fused-ring (bicyclic) bond motifs is 1. The van der Waals surface area contributed by atoms with Gasteiger partial charge in [0.05, 0.1) is 13.2 Å². The molecule has 2 heterocycles. The topological polar surface area (TPSA) is 25.4 Å². The molecule has 0 unspecified atom stereocenters. The summed E-state index contributed by atoms with van der Waals surface area (Å²) in [6.45, 7) is 5.11. The molecule has 0 saturated carbocycles. The lowest BCUT2D eigenvalue weighted by Crippen LogP contribution is -2.36. The lowest BCUT2D eigenvalue weighted by Gasteiger charge is -2.26. The molecule has 3 rings (SSSR count). The van der Waals surface area contributed by atoms with Crippen molar-refractivity contribution in [3.63, 3.8) is 0 Å². The van der Waals surface area contributed by atoms with Gasteiger partial charge in [-0.2, -0.15) is 0 Å². The van der Waals surface area contributed by atoms with Crippen LogP contribution in [0.4, 0.5) is 0 Å². The molecule has 0 aliphatic carbocycles. The molecule has 1 saturated heterocycles. The van der Waals surface area contributed by atoms with Crippen LogP contribution < -0.4 is 0 Å². The van der Waals surface area contributed by atoms with Crippen molar-refractivity contribution in [3.8, 4) is 0 Å². The van der Waals surface area contributed by atoms with Crippen LogP contribution in [-0.4, -0.2) is 42.7 Å². The zero-order valence-electron chi connectivity index (χ0n) is 11.2. The Bertz CT molecular complexity index is 530. The summed E-state index contributed by atoms with van der Waals surface area (Å²) in [6, 6.07) is 8.63.